The van der Waals surface area contributed by atoms with Gasteiger partial charge < -0.3 is 21.1 Å². The standard InChI is InChI=1S/C21H26N4O3/c1-28-18-6-4-5-16(13-18)19(25-11-2-3-12-25)14-23-20(26)15-7-9-17(10-8-15)24-21(22)27/h4-10,13,19H,2-3,11-12,14H2,1H3,(H,23,26)(H3,22,24,27). The third-order valence-electron chi connectivity index (χ3n) is 4.93. The predicted octanol–water partition coefficient (Wildman–Crippen LogP) is 2.75. The number of rotatable bonds is 7. The third kappa shape index (κ3) is 5.01. The molecule has 1 aliphatic heterocycles. The summed E-state index contributed by atoms with van der Waals surface area (Å²) >= 11 is 0. The number of benzene rings is 2. The Labute approximate surface area is 164 Å². The number of amides is 3. The van der Waals surface area contributed by atoms with Crippen LogP contribution in [0.1, 0.15) is 34.8 Å². The molecule has 2 aromatic carbocycles. The monoisotopic (exact) mass is 382 g/mol. The van der Waals surface area contributed by atoms with E-state index < -0.39 is 6.03 Å². The molecular formula is C21H26N4O3. The van der Waals surface area contributed by atoms with E-state index in [-0.39, 0.29) is 11.9 Å². The van der Waals surface area contributed by atoms with Crippen molar-refractivity contribution in [3.63, 3.8) is 0 Å². The molecule has 0 aliphatic carbocycles. The van der Waals surface area contributed by atoms with Crippen LogP contribution in [0.3, 0.4) is 0 Å². The molecule has 1 atom stereocenters. The summed E-state index contributed by atoms with van der Waals surface area (Å²) in [7, 11) is 1.66. The Kier molecular flexibility index (Phi) is 6.49. The number of hydrogen-bond acceptors (Lipinski definition) is 4. The second-order valence-corrected chi connectivity index (χ2v) is 6.81. The van der Waals surface area contributed by atoms with Crippen LogP contribution in [0.5, 0.6) is 5.75 Å². The average Bonchev–Trinajstić information content (AvgIpc) is 3.23. The van der Waals surface area contributed by atoms with Crippen molar-refractivity contribution < 1.29 is 14.3 Å². The maximum atomic E-state index is 12.6. The van der Waals surface area contributed by atoms with Crippen molar-refractivity contribution in [1.82, 2.24) is 10.2 Å². The molecule has 0 aromatic heterocycles. The van der Waals surface area contributed by atoms with Crippen molar-refractivity contribution in [1.29, 1.82) is 0 Å². The van der Waals surface area contributed by atoms with Gasteiger partial charge in [-0.25, -0.2) is 4.79 Å². The summed E-state index contributed by atoms with van der Waals surface area (Å²) in [5.74, 6) is 0.656. The van der Waals surface area contributed by atoms with E-state index in [0.717, 1.165) is 24.4 Å². The van der Waals surface area contributed by atoms with Crippen molar-refractivity contribution in [3.8, 4) is 5.75 Å². The van der Waals surface area contributed by atoms with Crippen LogP contribution in [0, 0.1) is 0 Å². The molecule has 0 bridgehead atoms. The minimum atomic E-state index is -0.635. The molecular weight excluding hydrogens is 356 g/mol. The summed E-state index contributed by atoms with van der Waals surface area (Å²) < 4.78 is 5.36. The lowest BCUT2D eigenvalue weighted by atomic mass is 10.0. The molecule has 1 unspecified atom stereocenters. The van der Waals surface area contributed by atoms with Crippen LogP contribution < -0.4 is 21.1 Å². The molecule has 3 rings (SSSR count). The molecule has 0 saturated carbocycles. The van der Waals surface area contributed by atoms with Crippen molar-refractivity contribution in [2.45, 2.75) is 18.9 Å². The zero-order valence-electron chi connectivity index (χ0n) is 16.0. The smallest absolute Gasteiger partial charge is 0.316 e. The highest BCUT2D eigenvalue weighted by Crippen LogP contribution is 2.27. The van der Waals surface area contributed by atoms with Gasteiger partial charge in [-0.05, 0) is 67.9 Å². The molecule has 1 aliphatic rings. The highest BCUT2D eigenvalue weighted by atomic mass is 16.5. The lowest BCUT2D eigenvalue weighted by Crippen LogP contribution is -2.36. The Balaban J connectivity index is 1.68. The summed E-state index contributed by atoms with van der Waals surface area (Å²) in [6, 6.07) is 14.1. The van der Waals surface area contributed by atoms with Crippen LogP contribution in [0.25, 0.3) is 0 Å². The number of anilines is 1. The number of nitrogens with two attached hydrogens (primary N) is 1. The van der Waals surface area contributed by atoms with Crippen molar-refractivity contribution >= 4 is 17.6 Å². The molecule has 0 spiro atoms. The predicted molar refractivity (Wildman–Crippen MR) is 109 cm³/mol. The minimum Gasteiger partial charge on any atom is -0.497 e. The van der Waals surface area contributed by atoms with E-state index in [9.17, 15) is 9.59 Å². The molecule has 7 nitrogen and oxygen atoms in total. The second-order valence-electron chi connectivity index (χ2n) is 6.81. The van der Waals surface area contributed by atoms with Crippen LogP contribution in [0.2, 0.25) is 0 Å². The molecule has 1 heterocycles. The van der Waals surface area contributed by atoms with Crippen LogP contribution in [0.4, 0.5) is 10.5 Å². The van der Waals surface area contributed by atoms with E-state index >= 15 is 0 Å². The van der Waals surface area contributed by atoms with Gasteiger partial charge in [0.1, 0.15) is 5.75 Å². The molecule has 7 heteroatoms. The summed E-state index contributed by atoms with van der Waals surface area (Å²) in [4.78, 5) is 25.9. The van der Waals surface area contributed by atoms with Crippen LogP contribution in [-0.4, -0.2) is 43.6 Å². The van der Waals surface area contributed by atoms with Crippen molar-refractivity contribution in [2.24, 2.45) is 5.73 Å². The van der Waals surface area contributed by atoms with Gasteiger partial charge in [0.15, 0.2) is 0 Å². The highest BCUT2D eigenvalue weighted by Gasteiger charge is 2.24. The fraction of sp³-hybridized carbons (Fsp3) is 0.333. The van der Waals surface area contributed by atoms with Crippen LogP contribution in [0.15, 0.2) is 48.5 Å². The number of carbonyl (C=O) groups is 2. The van der Waals surface area contributed by atoms with Gasteiger partial charge in [0.25, 0.3) is 5.91 Å². The highest BCUT2D eigenvalue weighted by molar-refractivity contribution is 5.95. The van der Waals surface area contributed by atoms with Gasteiger partial charge in [0.05, 0.1) is 13.2 Å². The molecule has 1 fully saturated rings. The first-order valence-corrected chi connectivity index (χ1v) is 9.39. The van der Waals surface area contributed by atoms with E-state index in [1.54, 1.807) is 31.4 Å². The average molecular weight is 382 g/mol. The zero-order valence-corrected chi connectivity index (χ0v) is 16.0. The maximum Gasteiger partial charge on any atom is 0.316 e. The Hall–Kier alpha value is -3.06. The van der Waals surface area contributed by atoms with Gasteiger partial charge in [0, 0.05) is 17.8 Å². The summed E-state index contributed by atoms with van der Waals surface area (Å²) in [6.45, 7) is 2.55. The van der Waals surface area contributed by atoms with Gasteiger partial charge in [-0.15, -0.1) is 0 Å². The van der Waals surface area contributed by atoms with Gasteiger partial charge >= 0.3 is 6.03 Å². The van der Waals surface area contributed by atoms with E-state index in [1.807, 2.05) is 18.2 Å². The van der Waals surface area contributed by atoms with Gasteiger partial charge in [-0.2, -0.15) is 0 Å². The lowest BCUT2D eigenvalue weighted by molar-refractivity contribution is 0.0938. The van der Waals surface area contributed by atoms with E-state index in [0.29, 0.717) is 17.8 Å². The van der Waals surface area contributed by atoms with Gasteiger partial charge in [-0.1, -0.05) is 12.1 Å². The molecule has 148 valence electrons. The van der Waals surface area contributed by atoms with E-state index in [2.05, 4.69) is 21.6 Å². The van der Waals surface area contributed by atoms with Crippen molar-refractivity contribution in [2.75, 3.05) is 32.1 Å². The van der Waals surface area contributed by atoms with Crippen molar-refractivity contribution in [3.05, 3.63) is 59.7 Å². The number of likely N-dealkylation sites (tertiary alicyclic amines) is 1. The van der Waals surface area contributed by atoms with Crippen LogP contribution >= 0.6 is 0 Å². The van der Waals surface area contributed by atoms with Crippen LogP contribution in [-0.2, 0) is 0 Å². The van der Waals surface area contributed by atoms with E-state index in [1.165, 1.54) is 12.8 Å². The zero-order chi connectivity index (χ0) is 19.9. The molecule has 4 N–H and O–H groups in total. The van der Waals surface area contributed by atoms with Gasteiger partial charge in [-0.3, -0.25) is 9.69 Å². The quantitative estimate of drug-likeness (QED) is 0.686. The van der Waals surface area contributed by atoms with E-state index in [4.69, 9.17) is 10.5 Å². The summed E-state index contributed by atoms with van der Waals surface area (Å²) in [6.07, 6.45) is 2.34. The SMILES string of the molecule is COc1cccc(C(CNC(=O)c2ccc(NC(N)=O)cc2)N2CCCC2)c1. The van der Waals surface area contributed by atoms with Gasteiger partial charge in [0.2, 0.25) is 0 Å². The Morgan fingerprint density at radius 1 is 1.14 bits per heavy atom. The molecule has 2 aromatic rings. The number of urea groups is 1. The lowest BCUT2D eigenvalue weighted by Gasteiger charge is -2.28. The normalized spacial score (nSPS) is 15.0. The largest absolute Gasteiger partial charge is 0.497 e. The number of carbonyl (C=O) groups excluding carboxylic acids is 2. The number of hydrogen-bond donors (Lipinski definition) is 3. The Bertz CT molecular complexity index is 817. The molecule has 28 heavy (non-hydrogen) atoms. The first-order chi connectivity index (χ1) is 13.6. The number of nitrogens with one attached hydrogen (secondary N) is 2. The molecule has 3 amide bonds. The second kappa shape index (κ2) is 9.23. The topological polar surface area (TPSA) is 96.7 Å². The first kappa shape index (κ1) is 19.7. The number of ether oxygens (including phenoxy) is 1. The summed E-state index contributed by atoms with van der Waals surface area (Å²) in [5.41, 5.74) is 7.30. The Morgan fingerprint density at radius 3 is 2.50 bits per heavy atom. The number of nitrogens with zero attached hydrogens (tertiary/aromatic N) is 1. The fourth-order valence-corrected chi connectivity index (χ4v) is 3.50. The molecule has 1 saturated heterocycles. The molecule has 0 radical (unpaired) electrons. The third-order valence-corrected chi connectivity index (χ3v) is 4.93. The number of primary amides is 1. The summed E-state index contributed by atoms with van der Waals surface area (Å²) in [5, 5.41) is 5.52. The maximum absolute atomic E-state index is 12.6. The Morgan fingerprint density at radius 2 is 1.86 bits per heavy atom. The number of methoxy groups -OCH3 is 1. The minimum absolute atomic E-state index is 0.0948. The fourth-order valence-electron chi connectivity index (χ4n) is 3.50. The first-order valence-electron chi connectivity index (χ1n) is 9.39.